The van der Waals surface area contributed by atoms with Crippen molar-refractivity contribution in [3.63, 3.8) is 0 Å². The van der Waals surface area contributed by atoms with E-state index in [0.717, 1.165) is 0 Å². The zero-order valence-electron chi connectivity index (χ0n) is 9.11. The molecule has 16 heteroatoms. The third-order valence-corrected chi connectivity index (χ3v) is 2.96. The van der Waals surface area contributed by atoms with Gasteiger partial charge in [0.15, 0.2) is 0 Å². The van der Waals surface area contributed by atoms with Crippen molar-refractivity contribution in [2.45, 2.75) is 0 Å². The highest BCUT2D eigenvalue weighted by Gasteiger charge is 2.39. The van der Waals surface area contributed by atoms with Gasteiger partial charge in [0.25, 0.3) is 0 Å². The van der Waals surface area contributed by atoms with Gasteiger partial charge in [0, 0.05) is 100 Å². The standard InChI is InChI=1S/B15HS/c1-9(2)14(10(3)4)15(11(5)6)12(7)13(8)16/h16H. The molecule has 0 heterocycles. The number of thiol groups is 1. The summed E-state index contributed by atoms with van der Waals surface area (Å²) in [7, 11) is 45.1. The van der Waals surface area contributed by atoms with Crippen LogP contribution in [0.25, 0.3) is 0 Å². The highest BCUT2D eigenvalue weighted by Crippen LogP contribution is 2.02. The van der Waals surface area contributed by atoms with E-state index >= 15 is 0 Å². The lowest BCUT2D eigenvalue weighted by atomic mass is 8.46. The normalized spacial score (nSPS) is 9.06. The molecule has 0 bridgehead atoms. The molecule has 0 N–H and O–H groups in total. The predicted octanol–water partition coefficient (Wildman–Crippen LogP) is -5.33. The van der Waals surface area contributed by atoms with Crippen molar-refractivity contribution in [2.24, 2.45) is 0 Å². The first kappa shape index (κ1) is 17.3. The Bertz CT molecular complexity index is 174. The summed E-state index contributed by atoms with van der Waals surface area (Å²) in [5, 5.41) is 0. The van der Waals surface area contributed by atoms with E-state index in [9.17, 15) is 0 Å². The number of rotatable bonds is 6. The van der Waals surface area contributed by atoms with E-state index in [-0.39, 0.29) is 0 Å². The Morgan fingerprint density at radius 2 is 0.875 bits per heavy atom. The van der Waals surface area contributed by atoms with E-state index < -0.39 is 44.1 Å². The third kappa shape index (κ3) is 4.90. The molecule has 0 aromatic carbocycles. The SMILES string of the molecule is [B]B([B])B(B([B])[B])B(B([B])[B])B([B])B([B])S. The molecule has 0 aliphatic rings. The summed E-state index contributed by atoms with van der Waals surface area (Å²) < 4.78 is 0. The van der Waals surface area contributed by atoms with E-state index in [1.165, 1.54) is 0 Å². The summed E-state index contributed by atoms with van der Waals surface area (Å²) in [5.74, 6) is -0.611. The summed E-state index contributed by atoms with van der Waals surface area (Å²) in [6, 6.07) is 0. The fraction of sp³-hybridized carbons (Fsp3) is 0. The molecule has 0 nitrogen and oxygen atoms in total. The van der Waals surface area contributed by atoms with Gasteiger partial charge in [-0.05, 0) is 0 Å². The van der Waals surface area contributed by atoms with Gasteiger partial charge in [-0.25, -0.2) is 12.5 Å². The largest absolute Gasteiger partial charge is 0.248 e. The van der Waals surface area contributed by atoms with E-state index in [4.69, 9.17) is 61.9 Å². The van der Waals surface area contributed by atoms with Crippen LogP contribution in [0.15, 0.2) is 0 Å². The van der Waals surface area contributed by atoms with Gasteiger partial charge in [0.05, 0.1) is 0 Å². The maximum absolute atomic E-state index is 5.85. The zero-order valence-corrected chi connectivity index (χ0v) is 10.0. The lowest BCUT2D eigenvalue weighted by Crippen LogP contribution is -2.74. The first-order chi connectivity index (χ1) is 7.20. The quantitative estimate of drug-likeness (QED) is 0.318. The summed E-state index contributed by atoms with van der Waals surface area (Å²) in [5.41, 5.74) is 0. The molecule has 0 fully saturated rings. The first-order valence-electron chi connectivity index (χ1n) is 4.92. The van der Waals surface area contributed by atoms with Crippen LogP contribution in [0, 0.1) is 0 Å². The molecule has 52 valence electrons. The van der Waals surface area contributed by atoms with Gasteiger partial charge >= 0.3 is 0 Å². The Hall–Kier alpha value is 1.32. The van der Waals surface area contributed by atoms with Gasteiger partial charge in [-0.15, -0.1) is 0 Å². The van der Waals surface area contributed by atoms with Crippen molar-refractivity contribution < 1.29 is 0 Å². The molecule has 0 amide bonds. The van der Waals surface area contributed by atoms with Gasteiger partial charge in [-0.3, -0.25) is 0 Å². The third-order valence-electron chi connectivity index (χ3n) is 2.62. The summed E-state index contributed by atoms with van der Waals surface area (Å²) in [6.45, 7) is 0. The molecule has 16 radical (unpaired) electrons. The van der Waals surface area contributed by atoms with Crippen molar-refractivity contribution in [3.05, 3.63) is 0 Å². The van der Waals surface area contributed by atoms with Crippen LogP contribution in [0.1, 0.15) is 0 Å². The molecule has 0 aliphatic heterocycles. The smallest absolute Gasteiger partial charge is 0.107 e. The number of hydrogen-bond acceptors (Lipinski definition) is 1. The molecule has 0 aliphatic carbocycles. The summed E-state index contributed by atoms with van der Waals surface area (Å²) in [6.07, 6.45) is -3.98. The van der Waals surface area contributed by atoms with Crippen molar-refractivity contribution in [1.82, 2.24) is 0 Å². The van der Waals surface area contributed by atoms with Crippen molar-refractivity contribution in [1.29, 1.82) is 0 Å². The minimum Gasteiger partial charge on any atom is -0.248 e. The predicted molar refractivity (Wildman–Crippen MR) is 95.3 cm³/mol. The second-order valence-corrected chi connectivity index (χ2v) is 4.55. The van der Waals surface area contributed by atoms with Crippen LogP contribution in [0.3, 0.4) is 0 Å². The molecule has 0 unspecified atom stereocenters. The highest BCUT2D eigenvalue weighted by atomic mass is 32.1. The average Bonchev–Trinajstić information content (AvgIpc) is 2.10. The molecule has 16 heavy (non-hydrogen) atoms. The minimum absolute atomic E-state index is 0.507. The van der Waals surface area contributed by atoms with Crippen LogP contribution in [0.2, 0.25) is 0 Å². The molecule has 0 aromatic rings. The van der Waals surface area contributed by atoms with Gasteiger partial charge < -0.3 is 0 Å². The Morgan fingerprint density at radius 3 is 1.06 bits per heavy atom. The Kier molecular flexibility index (Phi) is 8.33. The maximum Gasteiger partial charge on any atom is 0.107 e. The van der Waals surface area contributed by atoms with Crippen molar-refractivity contribution in [2.75, 3.05) is 0 Å². The lowest BCUT2D eigenvalue weighted by molar-refractivity contribution is 3.39. The average molecular weight is 195 g/mol. The van der Waals surface area contributed by atoms with Crippen molar-refractivity contribution >= 4 is 118 Å². The second-order valence-electron chi connectivity index (χ2n) is 3.95. The Morgan fingerprint density at radius 1 is 0.562 bits per heavy atom. The van der Waals surface area contributed by atoms with Crippen LogP contribution < -0.4 is 0 Å². The van der Waals surface area contributed by atoms with Gasteiger partial charge in [-0.2, -0.15) is 0 Å². The maximum atomic E-state index is 5.85. The fourth-order valence-electron chi connectivity index (χ4n) is 1.77. The van der Waals surface area contributed by atoms with E-state index in [1.807, 2.05) is 0 Å². The fourth-order valence-corrected chi connectivity index (χ4v) is 1.97. The van der Waals surface area contributed by atoms with Gasteiger partial charge in [0.1, 0.15) is 5.77 Å². The van der Waals surface area contributed by atoms with E-state index in [2.05, 4.69) is 12.5 Å². The van der Waals surface area contributed by atoms with Crippen LogP contribution >= 0.6 is 12.5 Å². The van der Waals surface area contributed by atoms with Gasteiger partial charge in [-0.1, -0.05) is 0 Å². The Balaban J connectivity index is 5.00. The van der Waals surface area contributed by atoms with Crippen LogP contribution in [0.4, 0.5) is 0 Å². The summed E-state index contributed by atoms with van der Waals surface area (Å²) in [4.78, 5) is 0. The highest BCUT2D eigenvalue weighted by molar-refractivity contribution is 8.30. The molecule has 0 saturated carbocycles. The topological polar surface area (TPSA) is 0 Å². The van der Waals surface area contributed by atoms with Crippen LogP contribution in [-0.2, 0) is 0 Å². The molecule has 0 spiro atoms. The second kappa shape index (κ2) is 7.69. The zero-order chi connectivity index (χ0) is 13.0. The lowest BCUT2D eigenvalue weighted by Gasteiger charge is -2.36. The molecular formula is HB15S. The van der Waals surface area contributed by atoms with Crippen LogP contribution in [-0.4, -0.2) is 106 Å². The van der Waals surface area contributed by atoms with Crippen molar-refractivity contribution in [3.8, 4) is 0 Å². The minimum atomic E-state index is -0.780. The summed E-state index contributed by atoms with van der Waals surface area (Å²) >= 11 is 4.04. The molecule has 0 aromatic heterocycles. The molecular weight excluding hydrogens is 194 g/mol. The first-order valence-corrected chi connectivity index (χ1v) is 5.44. The van der Waals surface area contributed by atoms with Gasteiger partial charge in [0.2, 0.25) is 0 Å². The monoisotopic (exact) mass is 198 g/mol. The van der Waals surface area contributed by atoms with E-state index in [0.29, 0.717) is 0 Å². The number of hydrogen-bond donors (Lipinski definition) is 1. The Labute approximate surface area is 118 Å². The molecule has 0 saturated heterocycles. The van der Waals surface area contributed by atoms with E-state index in [1.54, 1.807) is 0 Å². The molecule has 0 atom stereocenters. The van der Waals surface area contributed by atoms with Crippen LogP contribution in [0.5, 0.6) is 0 Å². The molecule has 0 rings (SSSR count).